The number of hydrogen-bond donors (Lipinski definition) is 1. The van der Waals surface area contributed by atoms with Crippen LogP contribution >= 0.6 is 11.3 Å². The Kier molecular flexibility index (Phi) is 5.15. The second kappa shape index (κ2) is 6.39. The molecule has 0 fully saturated rings. The predicted molar refractivity (Wildman–Crippen MR) is 68.8 cm³/mol. The minimum absolute atomic E-state index is 0.0477. The Morgan fingerprint density at radius 3 is 2.71 bits per heavy atom. The lowest BCUT2D eigenvalue weighted by Gasteiger charge is -2.16. The molecule has 1 rings (SSSR count). The number of carbonyl (C=O) groups is 2. The first-order valence-corrected chi connectivity index (χ1v) is 6.40. The van der Waals surface area contributed by atoms with Crippen LogP contribution in [0.3, 0.4) is 0 Å². The molecule has 0 spiro atoms. The number of carbonyl (C=O) groups excluding carboxylic acids is 2. The Hall–Kier alpha value is -1.36. The zero-order valence-electron chi connectivity index (χ0n) is 10.4. The minimum Gasteiger partial charge on any atom is -0.356 e. The van der Waals surface area contributed by atoms with E-state index < -0.39 is 0 Å². The topological polar surface area (TPSA) is 49.4 Å². The number of hydrogen-bond acceptors (Lipinski definition) is 3. The highest BCUT2D eigenvalue weighted by atomic mass is 32.1. The first kappa shape index (κ1) is 13.7. The molecule has 0 saturated carbocycles. The summed E-state index contributed by atoms with van der Waals surface area (Å²) in [6.45, 7) is 4.54. The van der Waals surface area contributed by atoms with Gasteiger partial charge in [-0.15, -0.1) is 11.3 Å². The molecule has 0 aliphatic heterocycles. The van der Waals surface area contributed by atoms with Gasteiger partial charge in [0, 0.05) is 31.8 Å². The lowest BCUT2D eigenvalue weighted by molar-refractivity contribution is -0.130. The standard InChI is InChI=1S/C12H18N2O2S/c1-9-5-7-17-11(9)8-14(3)12(16)4-6-13-10(2)15/h5,7H,4,6,8H2,1-3H3,(H,13,15). The predicted octanol–water partition coefficient (Wildman–Crippen LogP) is 1.54. The molecule has 1 aromatic heterocycles. The van der Waals surface area contributed by atoms with Crippen LogP contribution in [0.2, 0.25) is 0 Å². The van der Waals surface area contributed by atoms with E-state index in [0.717, 1.165) is 0 Å². The number of thiophene rings is 1. The fourth-order valence-corrected chi connectivity index (χ4v) is 2.36. The molecule has 94 valence electrons. The van der Waals surface area contributed by atoms with Crippen LogP contribution in [0.4, 0.5) is 0 Å². The third-order valence-electron chi connectivity index (χ3n) is 2.49. The molecule has 2 amide bonds. The van der Waals surface area contributed by atoms with E-state index in [0.29, 0.717) is 19.5 Å². The maximum absolute atomic E-state index is 11.7. The van der Waals surface area contributed by atoms with E-state index >= 15 is 0 Å². The molecule has 0 radical (unpaired) electrons. The van der Waals surface area contributed by atoms with Gasteiger partial charge in [-0.3, -0.25) is 9.59 Å². The Balaban J connectivity index is 2.37. The van der Waals surface area contributed by atoms with Crippen molar-refractivity contribution in [2.45, 2.75) is 26.8 Å². The summed E-state index contributed by atoms with van der Waals surface area (Å²) in [5.41, 5.74) is 1.22. The summed E-state index contributed by atoms with van der Waals surface area (Å²) in [6.07, 6.45) is 0.348. The molecular formula is C12H18N2O2S. The largest absolute Gasteiger partial charge is 0.356 e. The van der Waals surface area contributed by atoms with Crippen molar-refractivity contribution in [2.24, 2.45) is 0 Å². The lowest BCUT2D eigenvalue weighted by atomic mass is 10.2. The van der Waals surface area contributed by atoms with E-state index in [1.807, 2.05) is 12.3 Å². The van der Waals surface area contributed by atoms with Crippen LogP contribution in [0, 0.1) is 6.92 Å². The van der Waals surface area contributed by atoms with Gasteiger partial charge >= 0.3 is 0 Å². The highest BCUT2D eigenvalue weighted by Crippen LogP contribution is 2.17. The van der Waals surface area contributed by atoms with Crippen molar-refractivity contribution in [1.82, 2.24) is 10.2 Å². The van der Waals surface area contributed by atoms with Crippen molar-refractivity contribution in [1.29, 1.82) is 0 Å². The Bertz CT molecular complexity index is 401. The summed E-state index contributed by atoms with van der Waals surface area (Å²) in [6, 6.07) is 2.05. The van der Waals surface area contributed by atoms with Gasteiger partial charge in [0.25, 0.3) is 0 Å². The molecule has 0 aromatic carbocycles. The van der Waals surface area contributed by atoms with Crippen LogP contribution in [0.1, 0.15) is 23.8 Å². The summed E-state index contributed by atoms with van der Waals surface area (Å²) in [7, 11) is 1.79. The molecular weight excluding hydrogens is 236 g/mol. The lowest BCUT2D eigenvalue weighted by Crippen LogP contribution is -2.30. The highest BCUT2D eigenvalue weighted by Gasteiger charge is 2.10. The first-order chi connectivity index (χ1) is 8.00. The zero-order valence-corrected chi connectivity index (χ0v) is 11.3. The first-order valence-electron chi connectivity index (χ1n) is 5.52. The van der Waals surface area contributed by atoms with Crippen LogP contribution < -0.4 is 5.32 Å². The van der Waals surface area contributed by atoms with Crippen molar-refractivity contribution < 1.29 is 9.59 Å². The van der Waals surface area contributed by atoms with Gasteiger partial charge in [0.15, 0.2) is 0 Å². The highest BCUT2D eigenvalue weighted by molar-refractivity contribution is 7.10. The molecule has 4 nitrogen and oxygen atoms in total. The molecule has 0 unspecified atom stereocenters. The van der Waals surface area contributed by atoms with E-state index in [1.165, 1.54) is 17.4 Å². The summed E-state index contributed by atoms with van der Waals surface area (Å²) >= 11 is 1.66. The Morgan fingerprint density at radius 2 is 2.18 bits per heavy atom. The number of nitrogens with zero attached hydrogens (tertiary/aromatic N) is 1. The van der Waals surface area contributed by atoms with E-state index in [9.17, 15) is 9.59 Å². The molecule has 1 N–H and O–H groups in total. The van der Waals surface area contributed by atoms with E-state index in [1.54, 1.807) is 23.3 Å². The molecule has 0 saturated heterocycles. The second-order valence-electron chi connectivity index (χ2n) is 4.01. The van der Waals surface area contributed by atoms with E-state index in [4.69, 9.17) is 0 Å². The fraction of sp³-hybridized carbons (Fsp3) is 0.500. The summed E-state index contributed by atoms with van der Waals surface area (Å²) in [4.78, 5) is 25.3. The van der Waals surface area contributed by atoms with Gasteiger partial charge in [0.1, 0.15) is 0 Å². The summed E-state index contributed by atoms with van der Waals surface area (Å²) in [5, 5.41) is 4.65. The van der Waals surface area contributed by atoms with E-state index in [-0.39, 0.29) is 11.8 Å². The van der Waals surface area contributed by atoms with Gasteiger partial charge in [-0.05, 0) is 23.9 Å². The Labute approximate surface area is 106 Å². The molecule has 0 bridgehead atoms. The normalized spacial score (nSPS) is 10.1. The second-order valence-corrected chi connectivity index (χ2v) is 5.01. The van der Waals surface area contributed by atoms with Crippen molar-refractivity contribution in [2.75, 3.05) is 13.6 Å². The van der Waals surface area contributed by atoms with Crippen molar-refractivity contribution >= 4 is 23.2 Å². The maximum Gasteiger partial charge on any atom is 0.224 e. The summed E-state index contributed by atoms with van der Waals surface area (Å²) in [5.74, 6) is -0.0545. The van der Waals surface area contributed by atoms with Gasteiger partial charge in [-0.2, -0.15) is 0 Å². The molecule has 1 aromatic rings. The zero-order chi connectivity index (χ0) is 12.8. The van der Waals surface area contributed by atoms with Gasteiger partial charge in [-0.1, -0.05) is 0 Å². The van der Waals surface area contributed by atoms with Crippen LogP contribution in [-0.2, 0) is 16.1 Å². The van der Waals surface area contributed by atoms with Gasteiger partial charge in [0.05, 0.1) is 6.54 Å². The summed E-state index contributed by atoms with van der Waals surface area (Å²) < 4.78 is 0. The number of rotatable bonds is 5. The third-order valence-corrected chi connectivity index (χ3v) is 3.50. The van der Waals surface area contributed by atoms with Crippen LogP contribution in [0.5, 0.6) is 0 Å². The van der Waals surface area contributed by atoms with Gasteiger partial charge < -0.3 is 10.2 Å². The SMILES string of the molecule is CC(=O)NCCC(=O)N(C)Cc1sccc1C. The number of nitrogens with one attached hydrogen (secondary N) is 1. The number of aryl methyl sites for hydroxylation is 1. The third kappa shape index (κ3) is 4.56. The maximum atomic E-state index is 11.7. The molecule has 1 heterocycles. The van der Waals surface area contributed by atoms with Crippen molar-refractivity contribution in [3.63, 3.8) is 0 Å². The molecule has 0 aliphatic carbocycles. The number of amides is 2. The van der Waals surface area contributed by atoms with E-state index in [2.05, 4.69) is 11.4 Å². The minimum atomic E-state index is -0.102. The average molecular weight is 254 g/mol. The van der Waals surface area contributed by atoms with Gasteiger partial charge in [-0.25, -0.2) is 0 Å². The van der Waals surface area contributed by atoms with Crippen LogP contribution in [0.25, 0.3) is 0 Å². The van der Waals surface area contributed by atoms with Gasteiger partial charge in [0.2, 0.25) is 11.8 Å². The fourth-order valence-electron chi connectivity index (χ4n) is 1.41. The van der Waals surface area contributed by atoms with Crippen molar-refractivity contribution in [3.8, 4) is 0 Å². The van der Waals surface area contributed by atoms with Crippen LogP contribution in [-0.4, -0.2) is 30.3 Å². The van der Waals surface area contributed by atoms with Crippen LogP contribution in [0.15, 0.2) is 11.4 Å². The molecule has 17 heavy (non-hydrogen) atoms. The smallest absolute Gasteiger partial charge is 0.224 e. The average Bonchev–Trinajstić information content (AvgIpc) is 2.63. The molecule has 5 heteroatoms. The molecule has 0 atom stereocenters. The quantitative estimate of drug-likeness (QED) is 0.866. The monoisotopic (exact) mass is 254 g/mol. The molecule has 0 aliphatic rings. The Morgan fingerprint density at radius 1 is 1.47 bits per heavy atom. The van der Waals surface area contributed by atoms with Crippen molar-refractivity contribution in [3.05, 3.63) is 21.9 Å².